The van der Waals surface area contributed by atoms with Crippen molar-refractivity contribution in [1.82, 2.24) is 15.1 Å². The smallest absolute Gasteiger partial charge is 0.259 e. The standard InChI is InChI=1S/C21H18N4O3/c1-13-10-11-15-6-5-8-17(20(15)22-13)24-21(26)16-7-3-4-9-18(16)27-12-19-23-14(2)28-25-19/h3-11H,12H2,1-2H3,(H,24,26). The number of nitrogens with one attached hydrogen (secondary N) is 1. The molecule has 140 valence electrons. The van der Waals surface area contributed by atoms with Crippen LogP contribution in [0, 0.1) is 13.8 Å². The summed E-state index contributed by atoms with van der Waals surface area (Å²) in [7, 11) is 0. The van der Waals surface area contributed by atoms with Crippen molar-refractivity contribution in [3.05, 3.63) is 77.6 Å². The molecule has 2 heterocycles. The van der Waals surface area contributed by atoms with Gasteiger partial charge in [0, 0.05) is 18.0 Å². The van der Waals surface area contributed by atoms with Crippen molar-refractivity contribution in [2.75, 3.05) is 5.32 Å². The highest BCUT2D eigenvalue weighted by Gasteiger charge is 2.15. The number of aryl methyl sites for hydroxylation is 2. The number of carbonyl (C=O) groups excluding carboxylic acids is 1. The van der Waals surface area contributed by atoms with Crippen LogP contribution in [0.4, 0.5) is 5.69 Å². The highest BCUT2D eigenvalue weighted by atomic mass is 16.5. The van der Waals surface area contributed by atoms with Crippen LogP contribution in [0.1, 0.15) is 27.8 Å². The third-order valence-electron chi connectivity index (χ3n) is 4.17. The lowest BCUT2D eigenvalue weighted by molar-refractivity contribution is 0.102. The quantitative estimate of drug-likeness (QED) is 0.566. The molecule has 4 rings (SSSR count). The predicted octanol–water partition coefficient (Wildman–Crippen LogP) is 4.07. The first kappa shape index (κ1) is 17.7. The second-order valence-electron chi connectivity index (χ2n) is 6.30. The van der Waals surface area contributed by atoms with Crippen molar-refractivity contribution in [3.8, 4) is 5.75 Å². The van der Waals surface area contributed by atoms with E-state index < -0.39 is 0 Å². The van der Waals surface area contributed by atoms with Crippen LogP contribution in [0.25, 0.3) is 10.9 Å². The van der Waals surface area contributed by atoms with Gasteiger partial charge in [0.05, 0.1) is 16.8 Å². The molecule has 2 aromatic carbocycles. The van der Waals surface area contributed by atoms with Gasteiger partial charge in [0.1, 0.15) is 5.75 Å². The monoisotopic (exact) mass is 374 g/mol. The van der Waals surface area contributed by atoms with Gasteiger partial charge in [-0.1, -0.05) is 35.5 Å². The Kier molecular flexibility index (Phi) is 4.72. The summed E-state index contributed by atoms with van der Waals surface area (Å²) in [6, 6.07) is 16.6. The van der Waals surface area contributed by atoms with Crippen molar-refractivity contribution < 1.29 is 14.1 Å². The summed E-state index contributed by atoms with van der Waals surface area (Å²) in [6.45, 7) is 3.73. The van der Waals surface area contributed by atoms with Gasteiger partial charge in [-0.2, -0.15) is 4.98 Å². The molecule has 0 aliphatic carbocycles. The maximum Gasteiger partial charge on any atom is 0.259 e. The normalized spacial score (nSPS) is 10.8. The number of rotatable bonds is 5. The van der Waals surface area contributed by atoms with Crippen molar-refractivity contribution >= 4 is 22.5 Å². The van der Waals surface area contributed by atoms with Crippen molar-refractivity contribution in [2.45, 2.75) is 20.5 Å². The summed E-state index contributed by atoms with van der Waals surface area (Å²) in [5, 5.41) is 7.69. The van der Waals surface area contributed by atoms with E-state index in [9.17, 15) is 4.79 Å². The van der Waals surface area contributed by atoms with E-state index in [0.29, 0.717) is 28.7 Å². The number of carbonyl (C=O) groups is 1. The first-order valence-corrected chi connectivity index (χ1v) is 8.79. The van der Waals surface area contributed by atoms with Crippen LogP contribution in [0.2, 0.25) is 0 Å². The zero-order chi connectivity index (χ0) is 19.5. The van der Waals surface area contributed by atoms with E-state index >= 15 is 0 Å². The Balaban J connectivity index is 1.58. The molecule has 0 aliphatic heterocycles. The minimum absolute atomic E-state index is 0.108. The zero-order valence-corrected chi connectivity index (χ0v) is 15.5. The molecular formula is C21H18N4O3. The van der Waals surface area contributed by atoms with E-state index in [1.165, 1.54) is 0 Å². The Morgan fingerprint density at radius 3 is 2.71 bits per heavy atom. The molecule has 0 radical (unpaired) electrons. The summed E-state index contributed by atoms with van der Waals surface area (Å²) < 4.78 is 10.7. The molecular weight excluding hydrogens is 356 g/mol. The van der Waals surface area contributed by atoms with Crippen molar-refractivity contribution in [3.63, 3.8) is 0 Å². The fourth-order valence-corrected chi connectivity index (χ4v) is 2.86. The Hall–Kier alpha value is -3.74. The lowest BCUT2D eigenvalue weighted by Gasteiger charge is -2.12. The average molecular weight is 374 g/mol. The van der Waals surface area contributed by atoms with E-state index in [4.69, 9.17) is 9.26 Å². The van der Waals surface area contributed by atoms with Gasteiger partial charge in [0.15, 0.2) is 6.61 Å². The average Bonchev–Trinajstić information content (AvgIpc) is 3.12. The van der Waals surface area contributed by atoms with Crippen LogP contribution in [-0.4, -0.2) is 21.0 Å². The number of anilines is 1. The van der Waals surface area contributed by atoms with Gasteiger partial charge in [-0.15, -0.1) is 0 Å². The molecule has 0 spiro atoms. The molecule has 0 aliphatic rings. The topological polar surface area (TPSA) is 90.1 Å². The Morgan fingerprint density at radius 2 is 1.89 bits per heavy atom. The number of para-hydroxylation sites is 2. The zero-order valence-electron chi connectivity index (χ0n) is 15.5. The Morgan fingerprint density at radius 1 is 1.04 bits per heavy atom. The van der Waals surface area contributed by atoms with Gasteiger partial charge in [-0.05, 0) is 31.2 Å². The second-order valence-corrected chi connectivity index (χ2v) is 6.30. The van der Waals surface area contributed by atoms with E-state index in [1.807, 2.05) is 37.3 Å². The summed E-state index contributed by atoms with van der Waals surface area (Å²) in [4.78, 5) is 21.6. The van der Waals surface area contributed by atoms with E-state index in [0.717, 1.165) is 16.6 Å². The number of nitrogens with zero attached hydrogens (tertiary/aromatic N) is 3. The Bertz CT molecular complexity index is 1150. The highest BCUT2D eigenvalue weighted by molar-refractivity contribution is 6.09. The van der Waals surface area contributed by atoms with Crippen molar-refractivity contribution in [2.24, 2.45) is 0 Å². The van der Waals surface area contributed by atoms with Crippen LogP contribution in [0.3, 0.4) is 0 Å². The number of pyridine rings is 1. The van der Waals surface area contributed by atoms with Crippen LogP contribution in [0.15, 0.2) is 59.1 Å². The molecule has 0 bridgehead atoms. The molecule has 2 aromatic heterocycles. The van der Waals surface area contributed by atoms with Gasteiger partial charge in [0.25, 0.3) is 5.91 Å². The predicted molar refractivity (Wildman–Crippen MR) is 104 cm³/mol. The van der Waals surface area contributed by atoms with Gasteiger partial charge in [0.2, 0.25) is 11.7 Å². The molecule has 0 saturated heterocycles. The SMILES string of the molecule is Cc1ccc2cccc(NC(=O)c3ccccc3OCc3noc(C)n3)c2n1. The lowest BCUT2D eigenvalue weighted by atomic mass is 10.1. The second kappa shape index (κ2) is 7.48. The molecule has 1 amide bonds. The summed E-state index contributed by atoms with van der Waals surface area (Å²) in [6.07, 6.45) is 0. The molecule has 7 nitrogen and oxygen atoms in total. The fraction of sp³-hybridized carbons (Fsp3) is 0.143. The minimum atomic E-state index is -0.282. The maximum absolute atomic E-state index is 12.9. The summed E-state index contributed by atoms with van der Waals surface area (Å²) in [5.74, 6) is 1.03. The third-order valence-corrected chi connectivity index (χ3v) is 4.17. The number of amides is 1. The van der Waals surface area contributed by atoms with E-state index in [1.54, 1.807) is 31.2 Å². The number of hydrogen-bond acceptors (Lipinski definition) is 6. The first-order valence-electron chi connectivity index (χ1n) is 8.79. The fourth-order valence-electron chi connectivity index (χ4n) is 2.86. The van der Waals surface area contributed by atoms with Crippen LogP contribution in [-0.2, 0) is 6.61 Å². The molecule has 4 aromatic rings. The maximum atomic E-state index is 12.9. The van der Waals surface area contributed by atoms with Gasteiger partial charge < -0.3 is 14.6 Å². The van der Waals surface area contributed by atoms with Crippen LogP contribution >= 0.6 is 0 Å². The van der Waals surface area contributed by atoms with E-state index in [-0.39, 0.29) is 12.5 Å². The van der Waals surface area contributed by atoms with Gasteiger partial charge in [-0.3, -0.25) is 9.78 Å². The third kappa shape index (κ3) is 3.68. The molecule has 0 atom stereocenters. The molecule has 0 fully saturated rings. The van der Waals surface area contributed by atoms with Crippen LogP contribution in [0.5, 0.6) is 5.75 Å². The molecule has 0 unspecified atom stereocenters. The molecule has 7 heteroatoms. The lowest BCUT2D eigenvalue weighted by Crippen LogP contribution is -2.14. The Labute approximate surface area is 161 Å². The number of benzene rings is 2. The first-order chi connectivity index (χ1) is 13.6. The van der Waals surface area contributed by atoms with Gasteiger partial charge in [-0.25, -0.2) is 0 Å². The molecule has 1 N–H and O–H groups in total. The number of ether oxygens (including phenoxy) is 1. The molecule has 0 saturated carbocycles. The van der Waals surface area contributed by atoms with Crippen LogP contribution < -0.4 is 10.1 Å². The largest absolute Gasteiger partial charge is 0.485 e. The minimum Gasteiger partial charge on any atom is -0.485 e. The van der Waals surface area contributed by atoms with Gasteiger partial charge >= 0.3 is 0 Å². The van der Waals surface area contributed by atoms with Crippen molar-refractivity contribution in [1.29, 1.82) is 0 Å². The number of fused-ring (bicyclic) bond motifs is 1. The highest BCUT2D eigenvalue weighted by Crippen LogP contribution is 2.25. The van der Waals surface area contributed by atoms with E-state index in [2.05, 4.69) is 20.4 Å². The summed E-state index contributed by atoms with van der Waals surface area (Å²) >= 11 is 0. The summed E-state index contributed by atoms with van der Waals surface area (Å²) in [5.41, 5.74) is 2.69. The number of aromatic nitrogens is 3. The number of hydrogen-bond donors (Lipinski definition) is 1. The molecule has 28 heavy (non-hydrogen) atoms.